The van der Waals surface area contributed by atoms with Gasteiger partial charge in [-0.25, -0.2) is 9.59 Å². The van der Waals surface area contributed by atoms with Crippen LogP contribution in [0.3, 0.4) is 0 Å². The van der Waals surface area contributed by atoms with Crippen molar-refractivity contribution in [3.05, 3.63) is 0 Å². The van der Waals surface area contributed by atoms with Gasteiger partial charge in [-0.2, -0.15) is 0 Å². The van der Waals surface area contributed by atoms with Crippen LogP contribution in [0.1, 0.15) is 0 Å². The fourth-order valence-corrected chi connectivity index (χ4v) is 3.10. The van der Waals surface area contributed by atoms with Crippen LogP contribution in [0.15, 0.2) is 0 Å². The first kappa shape index (κ1) is 16.8. The minimum atomic E-state index is -1.22. The van der Waals surface area contributed by atoms with E-state index < -0.39 is 74.6 Å². The second-order valence-corrected chi connectivity index (χ2v) is 5.85. The molecule has 4 aliphatic heterocycles. The van der Waals surface area contributed by atoms with Crippen LogP contribution in [-0.2, 0) is 28.5 Å². The number of fused-ring (bicyclic) bond motifs is 2. The largest absolute Gasteiger partial charge is 0.480 e. The van der Waals surface area contributed by atoms with E-state index in [0.717, 1.165) is 9.80 Å². The lowest BCUT2D eigenvalue weighted by Crippen LogP contribution is -2.43. The van der Waals surface area contributed by atoms with Gasteiger partial charge in [-0.3, -0.25) is 19.4 Å². The van der Waals surface area contributed by atoms with Crippen molar-refractivity contribution >= 4 is 24.0 Å². The van der Waals surface area contributed by atoms with E-state index in [1.807, 2.05) is 0 Å². The van der Waals surface area contributed by atoms with E-state index >= 15 is 0 Å². The third-order valence-corrected chi connectivity index (χ3v) is 4.13. The summed E-state index contributed by atoms with van der Waals surface area (Å²) in [5.74, 6) is -2.44. The highest BCUT2D eigenvalue weighted by molar-refractivity contribution is 5.83. The average Bonchev–Trinajstić information content (AvgIpc) is 3.24. The summed E-state index contributed by atoms with van der Waals surface area (Å²) in [6, 6.07) is -1.29. The maximum absolute atomic E-state index is 11.7. The van der Waals surface area contributed by atoms with Crippen molar-refractivity contribution in [3.8, 4) is 0 Å². The Morgan fingerprint density at radius 1 is 0.808 bits per heavy atom. The van der Waals surface area contributed by atoms with Crippen LogP contribution in [0.25, 0.3) is 0 Å². The molecule has 0 aromatic carbocycles. The fraction of sp³-hybridized carbons (Fsp3) is 0.667. The van der Waals surface area contributed by atoms with Crippen LogP contribution in [0.5, 0.6) is 0 Å². The van der Waals surface area contributed by atoms with Gasteiger partial charge in [0.15, 0.2) is 24.9 Å². The van der Waals surface area contributed by atoms with E-state index in [2.05, 4.69) is 10.6 Å². The fourth-order valence-electron chi connectivity index (χ4n) is 3.10. The molecule has 4 aliphatic rings. The molecular weight excluding hydrogens is 360 g/mol. The molecule has 4 heterocycles. The predicted molar refractivity (Wildman–Crippen MR) is 72.8 cm³/mol. The Balaban J connectivity index is 1.40. The second kappa shape index (κ2) is 5.94. The van der Waals surface area contributed by atoms with Crippen molar-refractivity contribution in [1.82, 2.24) is 20.4 Å². The lowest BCUT2D eigenvalue weighted by atomic mass is 10.4. The Hall–Kier alpha value is -2.68. The van der Waals surface area contributed by atoms with Crippen LogP contribution < -0.4 is 10.6 Å². The minimum Gasteiger partial charge on any atom is -0.480 e. The molecular formula is C12H14N4O10. The number of aliphatic carboxylic acids is 2. The number of hydrogen-bond acceptors (Lipinski definition) is 8. The molecule has 14 nitrogen and oxygen atoms in total. The first-order valence-corrected chi connectivity index (χ1v) is 7.53. The zero-order chi connectivity index (χ0) is 18.6. The number of hydrogen-bond donors (Lipinski definition) is 4. The zero-order valence-electron chi connectivity index (χ0n) is 12.9. The van der Waals surface area contributed by atoms with Gasteiger partial charge in [0, 0.05) is 0 Å². The highest BCUT2D eigenvalue weighted by Crippen LogP contribution is 2.34. The normalized spacial score (nSPS) is 38.2. The molecule has 4 amide bonds. The number of amides is 4. The molecule has 0 unspecified atom stereocenters. The summed E-state index contributed by atoms with van der Waals surface area (Å²) in [7, 11) is 0. The van der Waals surface area contributed by atoms with Crippen LogP contribution in [0.2, 0.25) is 0 Å². The van der Waals surface area contributed by atoms with E-state index in [1.54, 1.807) is 0 Å². The number of carbonyl (C=O) groups is 4. The van der Waals surface area contributed by atoms with Gasteiger partial charge in [0.2, 0.25) is 12.6 Å². The monoisotopic (exact) mass is 374 g/mol. The van der Waals surface area contributed by atoms with Crippen LogP contribution >= 0.6 is 0 Å². The maximum Gasteiger partial charge on any atom is 0.323 e. The van der Waals surface area contributed by atoms with Crippen LogP contribution in [0, 0.1) is 0 Å². The quantitative estimate of drug-likeness (QED) is 0.395. The zero-order valence-corrected chi connectivity index (χ0v) is 12.9. The molecule has 142 valence electrons. The second-order valence-electron chi connectivity index (χ2n) is 5.85. The highest BCUT2D eigenvalue weighted by atomic mass is 16.8. The molecule has 0 aliphatic carbocycles. The van der Waals surface area contributed by atoms with Crippen molar-refractivity contribution in [2.24, 2.45) is 0 Å². The number of carboxylic acid groups (broad SMARTS) is 2. The van der Waals surface area contributed by atoms with Crippen molar-refractivity contribution in [1.29, 1.82) is 0 Å². The van der Waals surface area contributed by atoms with Gasteiger partial charge >= 0.3 is 24.0 Å². The van der Waals surface area contributed by atoms with Gasteiger partial charge in [-0.05, 0) is 0 Å². The summed E-state index contributed by atoms with van der Waals surface area (Å²) < 4.78 is 22.0. The molecule has 4 fully saturated rings. The molecule has 0 spiro atoms. The molecule has 0 bridgehead atoms. The minimum absolute atomic E-state index is 0.580. The summed E-state index contributed by atoms with van der Waals surface area (Å²) in [5.41, 5.74) is 0. The maximum atomic E-state index is 11.7. The Morgan fingerprint density at radius 2 is 1.19 bits per heavy atom. The van der Waals surface area contributed by atoms with Crippen molar-refractivity contribution < 1.29 is 48.3 Å². The van der Waals surface area contributed by atoms with E-state index in [9.17, 15) is 19.2 Å². The van der Waals surface area contributed by atoms with Crippen molar-refractivity contribution in [2.45, 2.75) is 37.5 Å². The van der Waals surface area contributed by atoms with Gasteiger partial charge in [0.25, 0.3) is 0 Å². The first-order valence-electron chi connectivity index (χ1n) is 7.53. The lowest BCUT2D eigenvalue weighted by Gasteiger charge is -2.23. The number of rotatable bonds is 5. The summed E-state index contributed by atoms with van der Waals surface area (Å²) in [6.45, 7) is -1.16. The smallest absolute Gasteiger partial charge is 0.323 e. The number of carbonyl (C=O) groups excluding carboxylic acids is 2. The Bertz CT molecular complexity index is 616. The third-order valence-electron chi connectivity index (χ3n) is 4.13. The molecule has 6 atom stereocenters. The van der Waals surface area contributed by atoms with Gasteiger partial charge in [-0.1, -0.05) is 0 Å². The summed E-state index contributed by atoms with van der Waals surface area (Å²) >= 11 is 0. The molecule has 4 rings (SSSR count). The predicted octanol–water partition coefficient (Wildman–Crippen LogP) is -2.74. The van der Waals surface area contributed by atoms with E-state index in [-0.39, 0.29) is 0 Å². The van der Waals surface area contributed by atoms with E-state index in [0.29, 0.717) is 0 Å². The first-order chi connectivity index (χ1) is 12.3. The Morgan fingerprint density at radius 3 is 1.54 bits per heavy atom. The molecule has 4 saturated heterocycles. The SMILES string of the molecule is O=C(O)CN1C(=O)N[C@@H]2O[C@@H]([C@H]3O[C@H]4NC(=O)N(CC(=O)O)[C@@H]4O3)O[C@H]21. The topological polar surface area (TPSA) is 176 Å². The molecule has 4 N–H and O–H groups in total. The number of urea groups is 2. The van der Waals surface area contributed by atoms with Crippen molar-refractivity contribution in [3.63, 3.8) is 0 Å². The number of nitrogens with one attached hydrogen (secondary N) is 2. The third kappa shape index (κ3) is 2.68. The van der Waals surface area contributed by atoms with Gasteiger partial charge in [0.1, 0.15) is 13.1 Å². The highest BCUT2D eigenvalue weighted by Gasteiger charge is 2.57. The summed E-state index contributed by atoms with van der Waals surface area (Å²) in [5, 5.41) is 22.6. The lowest BCUT2D eigenvalue weighted by molar-refractivity contribution is -0.235. The molecule has 0 aromatic heterocycles. The summed E-state index contributed by atoms with van der Waals surface area (Å²) in [4.78, 5) is 47.0. The van der Waals surface area contributed by atoms with E-state index in [1.165, 1.54) is 0 Å². The van der Waals surface area contributed by atoms with Gasteiger partial charge in [0.05, 0.1) is 0 Å². The number of carboxylic acids is 2. The molecule has 0 aromatic rings. The van der Waals surface area contributed by atoms with Crippen LogP contribution in [-0.4, -0.2) is 94.6 Å². The summed E-state index contributed by atoms with van der Waals surface area (Å²) in [6.07, 6.45) is -6.03. The Labute approximate surface area is 144 Å². The van der Waals surface area contributed by atoms with Gasteiger partial charge < -0.3 is 39.8 Å². The Kier molecular flexibility index (Phi) is 3.83. The van der Waals surface area contributed by atoms with Crippen molar-refractivity contribution in [2.75, 3.05) is 13.1 Å². The number of ether oxygens (including phenoxy) is 4. The average molecular weight is 374 g/mol. The van der Waals surface area contributed by atoms with E-state index in [4.69, 9.17) is 29.2 Å². The molecule has 0 saturated carbocycles. The number of nitrogens with zero attached hydrogens (tertiary/aromatic N) is 2. The molecule has 14 heteroatoms. The molecule has 26 heavy (non-hydrogen) atoms. The molecule has 0 radical (unpaired) electrons. The standard InChI is InChI=1S/C12H14N4O10/c17-3(18)1-15-7-5(13-11(15)21)23-9(25-7)10-24-6-8(26-10)16(2-4(19)20)12(22)14-6/h5-10H,1-2H2,(H,13,21)(H,14,22)(H,17,18)(H,19,20)/t5-,6-,7-,8-,9-,10+/m1/s1. The van der Waals surface area contributed by atoms with Gasteiger partial charge in [-0.15, -0.1) is 0 Å². The van der Waals surface area contributed by atoms with Crippen LogP contribution in [0.4, 0.5) is 9.59 Å².